The molecule has 0 saturated carbocycles. The zero-order chi connectivity index (χ0) is 9.64. The van der Waals surface area contributed by atoms with Gasteiger partial charge in [-0.3, -0.25) is 0 Å². The lowest BCUT2D eigenvalue weighted by Gasteiger charge is -2.05. The van der Waals surface area contributed by atoms with Gasteiger partial charge in [-0.05, 0) is 36.8 Å². The molecule has 2 aliphatic rings. The first kappa shape index (κ1) is 9.26. The van der Waals surface area contributed by atoms with Crippen LogP contribution in [0, 0.1) is 0 Å². The summed E-state index contributed by atoms with van der Waals surface area (Å²) in [6, 6.07) is 0. The molecule has 0 spiro atoms. The Morgan fingerprint density at radius 1 is 0.786 bits per heavy atom. The summed E-state index contributed by atoms with van der Waals surface area (Å²) in [5.74, 6) is 0. The minimum Gasteiger partial charge on any atom is -0.0842 e. The highest BCUT2D eigenvalue weighted by Gasteiger charge is 1.97. The molecular weight excluding hydrogens is 168 g/mol. The molecule has 0 atom stereocenters. The molecule has 0 heterocycles. The molecule has 0 aromatic heterocycles. The number of hydrogen-bond acceptors (Lipinski definition) is 0. The molecule has 72 valence electrons. The van der Waals surface area contributed by atoms with Crippen molar-refractivity contribution in [3.8, 4) is 0 Å². The van der Waals surface area contributed by atoms with Crippen LogP contribution in [0.5, 0.6) is 0 Å². The lowest BCUT2D eigenvalue weighted by atomic mass is 10.0. The van der Waals surface area contributed by atoms with E-state index in [1.807, 2.05) is 0 Å². The van der Waals surface area contributed by atoms with Gasteiger partial charge in [-0.15, -0.1) is 0 Å². The molecule has 0 amide bonds. The summed E-state index contributed by atoms with van der Waals surface area (Å²) in [4.78, 5) is 0. The minimum absolute atomic E-state index is 1.19. The van der Waals surface area contributed by atoms with E-state index in [0.29, 0.717) is 0 Å². The van der Waals surface area contributed by atoms with E-state index >= 15 is 0 Å². The highest BCUT2D eigenvalue weighted by atomic mass is 14.0. The summed E-state index contributed by atoms with van der Waals surface area (Å²) in [6.45, 7) is 0. The summed E-state index contributed by atoms with van der Waals surface area (Å²) in [5, 5.41) is 0. The van der Waals surface area contributed by atoms with Crippen LogP contribution >= 0.6 is 0 Å². The Morgan fingerprint density at radius 2 is 1.29 bits per heavy atom. The van der Waals surface area contributed by atoms with Gasteiger partial charge in [-0.2, -0.15) is 0 Å². The Hall–Kier alpha value is -1.30. The summed E-state index contributed by atoms with van der Waals surface area (Å²) >= 11 is 0. The molecule has 0 nitrogen and oxygen atoms in total. The van der Waals surface area contributed by atoms with Gasteiger partial charge >= 0.3 is 0 Å². The zero-order valence-electron chi connectivity index (χ0n) is 8.45. The standard InChI is InChI=1S/C14H16/c1-3-7-13(8-4-1)11-12-14-9-5-2-6-10-14/h1-3,5,7,9,11-12H,4,6,8,10H2. The van der Waals surface area contributed by atoms with Gasteiger partial charge in [0, 0.05) is 0 Å². The summed E-state index contributed by atoms with van der Waals surface area (Å²) in [5.41, 5.74) is 2.89. The van der Waals surface area contributed by atoms with Crippen molar-refractivity contribution in [2.24, 2.45) is 0 Å². The molecule has 0 saturated heterocycles. The van der Waals surface area contributed by atoms with Gasteiger partial charge in [0.05, 0.1) is 0 Å². The molecule has 0 aliphatic heterocycles. The third-order valence-electron chi connectivity index (χ3n) is 2.60. The second kappa shape index (κ2) is 4.80. The first-order valence-corrected chi connectivity index (χ1v) is 5.34. The number of rotatable bonds is 2. The van der Waals surface area contributed by atoms with Crippen LogP contribution < -0.4 is 0 Å². The van der Waals surface area contributed by atoms with E-state index in [9.17, 15) is 0 Å². The van der Waals surface area contributed by atoms with Crippen molar-refractivity contribution in [3.63, 3.8) is 0 Å². The summed E-state index contributed by atoms with van der Waals surface area (Å²) in [7, 11) is 0. The van der Waals surface area contributed by atoms with E-state index in [1.165, 1.54) is 36.8 Å². The molecule has 0 fully saturated rings. The van der Waals surface area contributed by atoms with Crippen LogP contribution in [0.2, 0.25) is 0 Å². The Morgan fingerprint density at radius 3 is 1.64 bits per heavy atom. The zero-order valence-corrected chi connectivity index (χ0v) is 8.45. The molecule has 0 heteroatoms. The van der Waals surface area contributed by atoms with Gasteiger partial charge in [0.25, 0.3) is 0 Å². The molecule has 2 aliphatic carbocycles. The Bertz CT molecular complexity index is 301. The molecular formula is C14H16. The van der Waals surface area contributed by atoms with Crippen LogP contribution in [-0.4, -0.2) is 0 Å². The maximum Gasteiger partial charge on any atom is -0.0244 e. The van der Waals surface area contributed by atoms with Crippen molar-refractivity contribution in [1.82, 2.24) is 0 Å². The van der Waals surface area contributed by atoms with Crippen LogP contribution in [0.3, 0.4) is 0 Å². The van der Waals surface area contributed by atoms with Gasteiger partial charge in [-0.1, -0.05) is 48.6 Å². The van der Waals surface area contributed by atoms with Crippen LogP contribution in [0.4, 0.5) is 0 Å². The van der Waals surface area contributed by atoms with Gasteiger partial charge in [-0.25, -0.2) is 0 Å². The van der Waals surface area contributed by atoms with Crippen molar-refractivity contribution in [2.75, 3.05) is 0 Å². The Balaban J connectivity index is 1.98. The molecule has 14 heavy (non-hydrogen) atoms. The molecule has 2 rings (SSSR count). The fraction of sp³-hybridized carbons (Fsp3) is 0.286. The minimum atomic E-state index is 1.19. The maximum absolute atomic E-state index is 2.26. The molecule has 0 unspecified atom stereocenters. The van der Waals surface area contributed by atoms with Gasteiger partial charge < -0.3 is 0 Å². The second-order valence-corrected chi connectivity index (χ2v) is 3.75. The summed E-state index contributed by atoms with van der Waals surface area (Å²) < 4.78 is 0. The molecule has 0 radical (unpaired) electrons. The SMILES string of the molecule is C1=CCCC(C=CC2=CC=CCC2)=C1. The van der Waals surface area contributed by atoms with Gasteiger partial charge in [0.15, 0.2) is 0 Å². The Kier molecular flexibility index (Phi) is 3.18. The van der Waals surface area contributed by atoms with Crippen molar-refractivity contribution in [1.29, 1.82) is 0 Å². The van der Waals surface area contributed by atoms with Crippen molar-refractivity contribution in [2.45, 2.75) is 25.7 Å². The highest BCUT2D eigenvalue weighted by molar-refractivity contribution is 5.34. The topological polar surface area (TPSA) is 0 Å². The van der Waals surface area contributed by atoms with Crippen molar-refractivity contribution >= 4 is 0 Å². The third-order valence-corrected chi connectivity index (χ3v) is 2.60. The summed E-state index contributed by atoms with van der Waals surface area (Å²) in [6.07, 6.45) is 22.4. The smallest absolute Gasteiger partial charge is 0.0244 e. The van der Waals surface area contributed by atoms with E-state index in [-0.39, 0.29) is 0 Å². The lowest BCUT2D eigenvalue weighted by molar-refractivity contribution is 0.976. The predicted molar refractivity (Wildman–Crippen MR) is 62.1 cm³/mol. The average molecular weight is 184 g/mol. The van der Waals surface area contributed by atoms with Crippen LogP contribution in [0.1, 0.15) is 25.7 Å². The Labute approximate surface area is 86.0 Å². The van der Waals surface area contributed by atoms with Crippen molar-refractivity contribution < 1.29 is 0 Å². The fourth-order valence-corrected chi connectivity index (χ4v) is 1.73. The highest BCUT2D eigenvalue weighted by Crippen LogP contribution is 2.17. The van der Waals surface area contributed by atoms with Crippen molar-refractivity contribution in [3.05, 3.63) is 59.8 Å². The van der Waals surface area contributed by atoms with Gasteiger partial charge in [0.1, 0.15) is 0 Å². The fourth-order valence-electron chi connectivity index (χ4n) is 1.73. The quantitative estimate of drug-likeness (QED) is 0.606. The molecule has 0 aromatic carbocycles. The first-order valence-electron chi connectivity index (χ1n) is 5.34. The second-order valence-electron chi connectivity index (χ2n) is 3.75. The third kappa shape index (κ3) is 2.59. The molecule has 0 bridgehead atoms. The van der Waals surface area contributed by atoms with Gasteiger partial charge in [0.2, 0.25) is 0 Å². The van der Waals surface area contributed by atoms with E-state index < -0.39 is 0 Å². The molecule has 0 N–H and O–H groups in total. The largest absolute Gasteiger partial charge is 0.0842 e. The maximum atomic E-state index is 2.26. The first-order chi connectivity index (χ1) is 6.95. The normalized spacial score (nSPS) is 21.1. The number of hydrogen-bond donors (Lipinski definition) is 0. The van der Waals surface area contributed by atoms with E-state index in [0.717, 1.165) is 0 Å². The average Bonchev–Trinajstić information content (AvgIpc) is 2.29. The van der Waals surface area contributed by atoms with E-state index in [2.05, 4.69) is 48.6 Å². The van der Waals surface area contributed by atoms with Crippen LogP contribution in [0.25, 0.3) is 0 Å². The van der Waals surface area contributed by atoms with Crippen LogP contribution in [-0.2, 0) is 0 Å². The lowest BCUT2D eigenvalue weighted by Crippen LogP contribution is -1.85. The van der Waals surface area contributed by atoms with Crippen LogP contribution in [0.15, 0.2) is 59.8 Å². The van der Waals surface area contributed by atoms with E-state index in [4.69, 9.17) is 0 Å². The predicted octanol–water partition coefficient (Wildman–Crippen LogP) is 4.10. The monoisotopic (exact) mass is 184 g/mol. The van der Waals surface area contributed by atoms with E-state index in [1.54, 1.807) is 0 Å². The molecule has 0 aromatic rings. The number of allylic oxidation sites excluding steroid dienone is 10.